The Morgan fingerprint density at radius 2 is 1.07 bits per heavy atom. The molecule has 14 heavy (non-hydrogen) atoms. The van der Waals surface area contributed by atoms with Crippen LogP contribution in [-0.4, -0.2) is 15.7 Å². The van der Waals surface area contributed by atoms with E-state index in [0.29, 0.717) is 0 Å². The molecule has 0 aliphatic carbocycles. The van der Waals surface area contributed by atoms with Gasteiger partial charge in [0.2, 0.25) is 5.24 Å². The van der Waals surface area contributed by atoms with Crippen molar-refractivity contribution in [1.29, 1.82) is 0 Å². The molecule has 0 fully saturated rings. The Morgan fingerprint density at radius 1 is 1.07 bits per heavy atom. The third kappa shape index (κ3) is 279. The molecule has 0 aromatic carbocycles. The summed E-state index contributed by atoms with van der Waals surface area (Å²) in [6.07, 6.45) is -2.33. The molecule has 0 heterocycles. The SMILES string of the molecule is CC(=O)Cl.ClC(Cl)Cl.O=C([O-])[O-].[K+].[K+]. The summed E-state index contributed by atoms with van der Waals surface area (Å²) in [6.45, 7) is 1.29. The number of carbonyl (C=O) groups is 2. The Kier molecular flexibility index (Phi) is 54.9. The van der Waals surface area contributed by atoms with E-state index in [2.05, 4.69) is 11.6 Å². The maximum atomic E-state index is 9.21. The molecule has 0 aromatic heterocycles. The fourth-order valence-corrected chi connectivity index (χ4v) is 0. The summed E-state index contributed by atoms with van der Waals surface area (Å²) in [4.78, 5) is 17.5. The van der Waals surface area contributed by atoms with Gasteiger partial charge in [0.15, 0.2) is 4.30 Å². The molecule has 0 unspecified atom stereocenters. The van der Waals surface area contributed by atoms with Gasteiger partial charge in [-0.2, -0.15) is 0 Å². The van der Waals surface area contributed by atoms with Crippen LogP contribution in [0.15, 0.2) is 0 Å². The first-order valence-corrected chi connectivity index (χ1v) is 3.85. The molecule has 0 amide bonds. The van der Waals surface area contributed by atoms with Crippen LogP contribution in [0.4, 0.5) is 4.79 Å². The van der Waals surface area contributed by atoms with E-state index in [1.807, 2.05) is 0 Å². The van der Waals surface area contributed by atoms with Crippen LogP contribution in [0.1, 0.15) is 6.92 Å². The summed E-state index contributed by atoms with van der Waals surface area (Å²) in [5.74, 6) is 0. The maximum absolute atomic E-state index is 9.21. The number of carbonyl (C=O) groups excluding carboxylic acids is 2. The predicted octanol–water partition coefficient (Wildman–Crippen LogP) is -5.68. The zero-order valence-corrected chi connectivity index (χ0v) is 17.0. The molecule has 0 rings (SSSR count). The third-order valence-corrected chi connectivity index (χ3v) is 0. The van der Waals surface area contributed by atoms with Gasteiger partial charge in [0.05, 0.1) is 0 Å². The molecule has 0 aromatic rings. The summed E-state index contributed by atoms with van der Waals surface area (Å²) < 4.78 is -0.750. The minimum atomic E-state index is -2.33. The van der Waals surface area contributed by atoms with Gasteiger partial charge in [-0.3, -0.25) is 4.79 Å². The standard InChI is InChI=1S/C2H3ClO.CHCl3.CH2O3.2K/c1-2(3)4;2*2-1(3)4;;/h1H3;1H;(H2,2,3,4);;/q;;;2*+1/p-2. The van der Waals surface area contributed by atoms with Crippen LogP contribution < -0.4 is 113 Å². The molecule has 4 nitrogen and oxygen atoms in total. The Morgan fingerprint density at radius 3 is 1.07 bits per heavy atom. The van der Waals surface area contributed by atoms with Crippen LogP contribution in [0.3, 0.4) is 0 Å². The zero-order chi connectivity index (χ0) is 10.7. The number of rotatable bonds is 0. The Labute approximate surface area is 187 Å². The normalized spacial score (nSPS) is 6.14. The number of hydrogen-bond acceptors (Lipinski definition) is 4. The average molecular weight is 336 g/mol. The summed E-state index contributed by atoms with van der Waals surface area (Å²) in [5.41, 5.74) is 0. The summed E-state index contributed by atoms with van der Waals surface area (Å²) in [5, 5.41) is 16.3. The zero-order valence-electron chi connectivity index (χ0n) is 7.72. The van der Waals surface area contributed by atoms with Crippen molar-refractivity contribution in [1.82, 2.24) is 0 Å². The number of hydrogen-bond donors (Lipinski definition) is 0. The number of halogens is 4. The minimum absolute atomic E-state index is 0. The van der Waals surface area contributed by atoms with Crippen molar-refractivity contribution in [3.63, 3.8) is 0 Å². The maximum Gasteiger partial charge on any atom is 1.00 e. The van der Waals surface area contributed by atoms with E-state index in [4.69, 9.17) is 49.8 Å². The predicted molar refractivity (Wildman–Crippen MR) is 43.3 cm³/mol. The van der Waals surface area contributed by atoms with E-state index >= 15 is 0 Å². The van der Waals surface area contributed by atoms with Gasteiger partial charge >= 0.3 is 103 Å². The van der Waals surface area contributed by atoms with Gasteiger partial charge in [-0.05, 0) is 17.8 Å². The molecule has 10 heteroatoms. The summed E-state index contributed by atoms with van der Waals surface area (Å²) in [7, 11) is 0. The summed E-state index contributed by atoms with van der Waals surface area (Å²) in [6, 6.07) is 0. The first-order valence-electron chi connectivity index (χ1n) is 2.16. The quantitative estimate of drug-likeness (QED) is 0.251. The van der Waals surface area contributed by atoms with Crippen molar-refractivity contribution >= 4 is 57.8 Å². The molecule has 0 bridgehead atoms. The molecule has 0 radical (unpaired) electrons. The Bertz CT molecular complexity index is 112. The van der Waals surface area contributed by atoms with Crippen molar-refractivity contribution < 1.29 is 123 Å². The van der Waals surface area contributed by atoms with Gasteiger partial charge in [0.25, 0.3) is 0 Å². The van der Waals surface area contributed by atoms with E-state index in [0.717, 1.165) is 0 Å². The van der Waals surface area contributed by atoms with Gasteiger partial charge in [-0.25, -0.2) is 0 Å². The van der Waals surface area contributed by atoms with Crippen molar-refractivity contribution in [3.8, 4) is 0 Å². The van der Waals surface area contributed by atoms with E-state index in [1.54, 1.807) is 0 Å². The van der Waals surface area contributed by atoms with Gasteiger partial charge in [0, 0.05) is 6.92 Å². The van der Waals surface area contributed by atoms with Crippen LogP contribution in [0.5, 0.6) is 0 Å². The van der Waals surface area contributed by atoms with Crippen molar-refractivity contribution in [3.05, 3.63) is 0 Å². The van der Waals surface area contributed by atoms with E-state index in [9.17, 15) is 4.79 Å². The van der Waals surface area contributed by atoms with E-state index in [-0.39, 0.29) is 108 Å². The average Bonchev–Trinajstić information content (AvgIpc) is 1.54. The van der Waals surface area contributed by atoms with Gasteiger partial charge < -0.3 is 15.0 Å². The first kappa shape index (κ1) is 30.4. The van der Waals surface area contributed by atoms with Crippen molar-refractivity contribution in [2.24, 2.45) is 0 Å². The minimum Gasteiger partial charge on any atom is -0.652 e. The largest absolute Gasteiger partial charge is 1.00 e. The Hall–Kier alpha value is 3.37. The molecule has 0 aliphatic rings. The van der Waals surface area contributed by atoms with Crippen LogP contribution >= 0.6 is 46.4 Å². The summed E-state index contributed by atoms with van der Waals surface area (Å²) >= 11 is 19.1. The van der Waals surface area contributed by atoms with E-state index < -0.39 is 10.5 Å². The molecular formula is C4H4Cl4K2O4. The second-order valence-corrected chi connectivity index (χ2v) is 3.48. The van der Waals surface area contributed by atoms with Crippen LogP contribution in [0, 0.1) is 0 Å². The molecular weight excluding hydrogens is 332 g/mol. The van der Waals surface area contributed by atoms with Crippen molar-refractivity contribution in [2.45, 2.75) is 11.2 Å². The number of carboxylic acid groups (broad SMARTS) is 2. The smallest absolute Gasteiger partial charge is 0.652 e. The third-order valence-electron chi connectivity index (χ3n) is 0. The number of alkyl halides is 3. The molecule has 0 atom stereocenters. The van der Waals surface area contributed by atoms with Crippen molar-refractivity contribution in [2.75, 3.05) is 0 Å². The molecule has 0 spiro atoms. The van der Waals surface area contributed by atoms with Crippen LogP contribution in [0.25, 0.3) is 0 Å². The van der Waals surface area contributed by atoms with Gasteiger partial charge in [0.1, 0.15) is 0 Å². The molecule has 74 valence electrons. The molecule has 0 N–H and O–H groups in total. The van der Waals surface area contributed by atoms with Crippen LogP contribution in [0.2, 0.25) is 0 Å². The van der Waals surface area contributed by atoms with Crippen LogP contribution in [-0.2, 0) is 4.79 Å². The first-order chi connectivity index (χ1) is 5.20. The topological polar surface area (TPSA) is 80.3 Å². The molecule has 0 aliphatic heterocycles. The monoisotopic (exact) mass is 334 g/mol. The second-order valence-electron chi connectivity index (χ2n) is 0.968. The Balaban J connectivity index is -0.0000000270. The van der Waals surface area contributed by atoms with Gasteiger partial charge in [-0.15, -0.1) is 0 Å². The molecule has 0 saturated carbocycles. The second kappa shape index (κ2) is 25.3. The fourth-order valence-electron chi connectivity index (χ4n) is 0. The van der Waals surface area contributed by atoms with E-state index in [1.165, 1.54) is 6.92 Å². The molecule has 0 saturated heterocycles. The van der Waals surface area contributed by atoms with Gasteiger partial charge in [-0.1, -0.05) is 34.8 Å². The fraction of sp³-hybridized carbons (Fsp3) is 0.500.